The highest BCUT2D eigenvalue weighted by Crippen LogP contribution is 2.17. The van der Waals surface area contributed by atoms with Gasteiger partial charge in [0.05, 0.1) is 0 Å². The van der Waals surface area contributed by atoms with Gasteiger partial charge in [-0.15, -0.1) is 0 Å². The van der Waals surface area contributed by atoms with E-state index in [0.29, 0.717) is 13.1 Å². The van der Waals surface area contributed by atoms with Crippen molar-refractivity contribution in [1.82, 2.24) is 19.8 Å². The molecule has 6 nitrogen and oxygen atoms in total. The van der Waals surface area contributed by atoms with Crippen LogP contribution in [-0.4, -0.2) is 57.8 Å². The van der Waals surface area contributed by atoms with Crippen LogP contribution in [0.25, 0.3) is 0 Å². The van der Waals surface area contributed by atoms with Crippen LogP contribution in [0.3, 0.4) is 0 Å². The third-order valence-electron chi connectivity index (χ3n) is 4.47. The van der Waals surface area contributed by atoms with Crippen LogP contribution >= 0.6 is 0 Å². The molecule has 0 atom stereocenters. The first kappa shape index (κ1) is 15.6. The Hall–Kier alpha value is -2.24. The molecule has 0 saturated carbocycles. The van der Waals surface area contributed by atoms with E-state index in [9.17, 15) is 9.59 Å². The molecule has 2 aliphatic rings. The van der Waals surface area contributed by atoms with Gasteiger partial charge in [-0.2, -0.15) is 0 Å². The average Bonchev–Trinajstić information content (AvgIpc) is 2.62. The summed E-state index contributed by atoms with van der Waals surface area (Å²) in [5.74, 6) is -0.382. The van der Waals surface area contributed by atoms with Crippen molar-refractivity contribution in [3.63, 3.8) is 0 Å². The lowest BCUT2D eigenvalue weighted by Gasteiger charge is -2.28. The highest BCUT2D eigenvalue weighted by atomic mass is 16.2. The van der Waals surface area contributed by atoms with Gasteiger partial charge in [0, 0.05) is 38.6 Å². The van der Waals surface area contributed by atoms with Crippen molar-refractivity contribution in [3.05, 3.63) is 35.4 Å². The summed E-state index contributed by atoms with van der Waals surface area (Å²) in [5, 5.41) is 0. The molecule has 0 spiro atoms. The topological polar surface area (TPSA) is 66.4 Å². The molecule has 0 unspecified atom stereocenters. The van der Waals surface area contributed by atoms with Gasteiger partial charge in [-0.05, 0) is 32.6 Å². The third-order valence-corrected chi connectivity index (χ3v) is 4.47. The SMILES string of the molecule is CC1=CCN(C(=O)c2nccnc2C(=O)N2CCCCC2)CC1. The van der Waals surface area contributed by atoms with Crippen molar-refractivity contribution in [3.8, 4) is 0 Å². The highest BCUT2D eigenvalue weighted by Gasteiger charge is 2.28. The van der Waals surface area contributed by atoms with E-state index in [2.05, 4.69) is 16.9 Å². The molecule has 2 amide bonds. The van der Waals surface area contributed by atoms with E-state index in [0.717, 1.165) is 38.8 Å². The van der Waals surface area contributed by atoms with Gasteiger partial charge in [-0.1, -0.05) is 11.6 Å². The lowest BCUT2D eigenvalue weighted by atomic mass is 10.1. The number of carbonyl (C=O) groups is 2. The number of aromatic nitrogens is 2. The summed E-state index contributed by atoms with van der Waals surface area (Å²) in [6, 6.07) is 0. The number of rotatable bonds is 2. The van der Waals surface area contributed by atoms with E-state index in [1.165, 1.54) is 18.0 Å². The molecule has 1 fully saturated rings. The largest absolute Gasteiger partial charge is 0.337 e. The van der Waals surface area contributed by atoms with Crippen LogP contribution in [0.15, 0.2) is 24.0 Å². The molecule has 1 aromatic heterocycles. The summed E-state index contributed by atoms with van der Waals surface area (Å²) < 4.78 is 0. The Kier molecular flexibility index (Phi) is 4.69. The molecular weight excluding hydrogens is 292 g/mol. The first-order valence-corrected chi connectivity index (χ1v) is 8.22. The molecular formula is C17H22N4O2. The maximum atomic E-state index is 12.7. The van der Waals surface area contributed by atoms with Crippen LogP contribution < -0.4 is 0 Å². The standard InChI is InChI=1S/C17H22N4O2/c1-13-5-11-21(12-6-13)17(23)15-14(18-7-8-19-15)16(22)20-9-3-2-4-10-20/h5,7-8H,2-4,6,9-12H2,1H3. The Morgan fingerprint density at radius 3 is 2.09 bits per heavy atom. The van der Waals surface area contributed by atoms with Gasteiger partial charge in [0.2, 0.25) is 0 Å². The second-order valence-corrected chi connectivity index (χ2v) is 6.16. The minimum Gasteiger partial charge on any atom is -0.337 e. The number of nitrogens with zero attached hydrogens (tertiary/aromatic N) is 4. The molecule has 2 aliphatic heterocycles. The Bertz CT molecular complexity index is 635. The fourth-order valence-electron chi connectivity index (χ4n) is 3.00. The smallest absolute Gasteiger partial charge is 0.275 e. The second kappa shape index (κ2) is 6.89. The molecule has 122 valence electrons. The van der Waals surface area contributed by atoms with E-state index in [1.54, 1.807) is 9.80 Å². The van der Waals surface area contributed by atoms with Crippen molar-refractivity contribution in [1.29, 1.82) is 0 Å². The van der Waals surface area contributed by atoms with Gasteiger partial charge in [0.1, 0.15) is 0 Å². The third kappa shape index (κ3) is 3.41. The number of likely N-dealkylation sites (tertiary alicyclic amines) is 1. The zero-order valence-corrected chi connectivity index (χ0v) is 13.5. The van der Waals surface area contributed by atoms with Crippen LogP contribution in [0, 0.1) is 0 Å². The molecule has 0 aromatic carbocycles. The van der Waals surface area contributed by atoms with Crippen LogP contribution in [0.5, 0.6) is 0 Å². The second-order valence-electron chi connectivity index (χ2n) is 6.16. The fourth-order valence-corrected chi connectivity index (χ4v) is 3.00. The van der Waals surface area contributed by atoms with E-state index in [4.69, 9.17) is 0 Å². The fraction of sp³-hybridized carbons (Fsp3) is 0.529. The van der Waals surface area contributed by atoms with Gasteiger partial charge in [-0.25, -0.2) is 9.97 Å². The van der Waals surface area contributed by atoms with Crippen molar-refractivity contribution >= 4 is 11.8 Å². The van der Waals surface area contributed by atoms with Crippen molar-refractivity contribution in [2.45, 2.75) is 32.6 Å². The number of carbonyl (C=O) groups excluding carboxylic acids is 2. The molecule has 0 N–H and O–H groups in total. The minimum absolute atomic E-state index is 0.176. The van der Waals surface area contributed by atoms with Crippen molar-refractivity contribution in [2.75, 3.05) is 26.2 Å². The zero-order valence-electron chi connectivity index (χ0n) is 13.5. The molecule has 6 heteroatoms. The summed E-state index contributed by atoms with van der Waals surface area (Å²) in [5.41, 5.74) is 1.65. The van der Waals surface area contributed by atoms with E-state index in [1.807, 2.05) is 6.08 Å². The molecule has 0 radical (unpaired) electrons. The summed E-state index contributed by atoms with van der Waals surface area (Å²) >= 11 is 0. The maximum Gasteiger partial charge on any atom is 0.275 e. The predicted molar refractivity (Wildman–Crippen MR) is 86.1 cm³/mol. The molecule has 0 aliphatic carbocycles. The Balaban J connectivity index is 1.82. The van der Waals surface area contributed by atoms with Gasteiger partial charge in [0.25, 0.3) is 11.8 Å². The summed E-state index contributed by atoms with van der Waals surface area (Å²) in [7, 11) is 0. The first-order chi connectivity index (χ1) is 11.2. The lowest BCUT2D eigenvalue weighted by Crippen LogP contribution is -2.40. The van der Waals surface area contributed by atoms with Gasteiger partial charge in [0.15, 0.2) is 11.4 Å². The number of amides is 2. The van der Waals surface area contributed by atoms with Crippen LogP contribution in [0.4, 0.5) is 0 Å². The van der Waals surface area contributed by atoms with Gasteiger partial charge < -0.3 is 9.80 Å². The van der Waals surface area contributed by atoms with Crippen LogP contribution in [0.1, 0.15) is 53.6 Å². The molecule has 3 heterocycles. The van der Waals surface area contributed by atoms with Crippen molar-refractivity contribution in [2.24, 2.45) is 0 Å². The quantitative estimate of drug-likeness (QED) is 0.782. The monoisotopic (exact) mass is 314 g/mol. The Morgan fingerprint density at radius 1 is 0.913 bits per heavy atom. The molecule has 23 heavy (non-hydrogen) atoms. The zero-order chi connectivity index (χ0) is 16.2. The number of piperidine rings is 1. The van der Waals surface area contributed by atoms with Crippen LogP contribution in [0.2, 0.25) is 0 Å². The normalized spacial score (nSPS) is 18.6. The summed E-state index contributed by atoms with van der Waals surface area (Å²) in [4.78, 5) is 37.3. The van der Waals surface area contributed by atoms with E-state index < -0.39 is 0 Å². The number of hydrogen-bond acceptors (Lipinski definition) is 4. The Morgan fingerprint density at radius 2 is 1.52 bits per heavy atom. The minimum atomic E-state index is -0.206. The average molecular weight is 314 g/mol. The molecule has 1 aromatic rings. The molecule has 0 bridgehead atoms. The summed E-state index contributed by atoms with van der Waals surface area (Å²) in [6.07, 6.45) is 9.03. The number of hydrogen-bond donors (Lipinski definition) is 0. The van der Waals surface area contributed by atoms with Crippen LogP contribution in [-0.2, 0) is 0 Å². The van der Waals surface area contributed by atoms with E-state index >= 15 is 0 Å². The lowest BCUT2D eigenvalue weighted by molar-refractivity contribution is 0.0692. The molecule has 3 rings (SSSR count). The first-order valence-electron chi connectivity index (χ1n) is 8.22. The highest BCUT2D eigenvalue weighted by molar-refractivity contribution is 6.04. The maximum absolute atomic E-state index is 12.7. The molecule has 1 saturated heterocycles. The Labute approximate surface area is 136 Å². The van der Waals surface area contributed by atoms with Gasteiger partial charge >= 0.3 is 0 Å². The van der Waals surface area contributed by atoms with Crippen molar-refractivity contribution < 1.29 is 9.59 Å². The summed E-state index contributed by atoms with van der Waals surface area (Å²) in [6.45, 7) is 4.76. The predicted octanol–water partition coefficient (Wildman–Crippen LogP) is 1.89. The van der Waals surface area contributed by atoms with Gasteiger partial charge in [-0.3, -0.25) is 9.59 Å². The van der Waals surface area contributed by atoms with E-state index in [-0.39, 0.29) is 23.2 Å².